The van der Waals surface area contributed by atoms with E-state index in [2.05, 4.69) is 0 Å². The Balaban J connectivity index is 1.71. The molecule has 0 bridgehead atoms. The van der Waals surface area contributed by atoms with Crippen molar-refractivity contribution < 1.29 is 18.3 Å². The molecule has 3 aromatic rings. The lowest BCUT2D eigenvalue weighted by atomic mass is 9.98. The summed E-state index contributed by atoms with van der Waals surface area (Å²) in [4.78, 5) is 11.5. The highest BCUT2D eigenvalue weighted by Crippen LogP contribution is 2.25. The van der Waals surface area contributed by atoms with Crippen LogP contribution in [0.3, 0.4) is 0 Å². The molecule has 3 aromatic carbocycles. The monoisotopic (exact) mass is 423 g/mol. The van der Waals surface area contributed by atoms with E-state index in [0.29, 0.717) is 5.56 Å². The summed E-state index contributed by atoms with van der Waals surface area (Å²) in [6.45, 7) is 0. The molecule has 0 saturated carbocycles. The molecular formula is C24H25NO4S. The number of benzene rings is 3. The van der Waals surface area contributed by atoms with E-state index in [0.717, 1.165) is 29.7 Å². The molecule has 1 atom stereocenters. The smallest absolute Gasteiger partial charge is 0.303 e. The van der Waals surface area contributed by atoms with Crippen molar-refractivity contribution in [3.8, 4) is 0 Å². The molecule has 0 aromatic heterocycles. The number of aryl methyl sites for hydroxylation is 2. The first kappa shape index (κ1) is 21.6. The molecule has 0 amide bonds. The Labute approximate surface area is 177 Å². The van der Waals surface area contributed by atoms with E-state index in [1.54, 1.807) is 36.4 Å². The molecule has 5 nitrogen and oxygen atoms in total. The van der Waals surface area contributed by atoms with Gasteiger partial charge < -0.3 is 10.8 Å². The summed E-state index contributed by atoms with van der Waals surface area (Å²) in [5, 5.41) is 9.22. The normalized spacial score (nSPS) is 12.4. The van der Waals surface area contributed by atoms with Crippen molar-refractivity contribution in [2.24, 2.45) is 0 Å². The van der Waals surface area contributed by atoms with Crippen molar-refractivity contribution in [1.82, 2.24) is 0 Å². The van der Waals surface area contributed by atoms with Crippen molar-refractivity contribution >= 4 is 21.5 Å². The maximum atomic E-state index is 12.9. The quantitative estimate of drug-likeness (QED) is 0.505. The van der Waals surface area contributed by atoms with Crippen LogP contribution in [0.2, 0.25) is 0 Å². The second-order valence-electron chi connectivity index (χ2n) is 7.38. The van der Waals surface area contributed by atoms with Crippen LogP contribution < -0.4 is 5.73 Å². The van der Waals surface area contributed by atoms with Gasteiger partial charge in [0.15, 0.2) is 9.84 Å². The molecule has 3 rings (SSSR count). The third-order valence-corrected chi connectivity index (χ3v) is 6.88. The number of hydrogen-bond acceptors (Lipinski definition) is 4. The van der Waals surface area contributed by atoms with E-state index < -0.39 is 21.7 Å². The Morgan fingerprint density at radius 2 is 1.53 bits per heavy atom. The van der Waals surface area contributed by atoms with Crippen LogP contribution in [0.5, 0.6) is 0 Å². The molecule has 3 N–H and O–H groups in total. The Kier molecular flexibility index (Phi) is 6.90. The van der Waals surface area contributed by atoms with Crippen molar-refractivity contribution in [2.75, 3.05) is 11.5 Å². The van der Waals surface area contributed by atoms with Crippen LogP contribution in [-0.4, -0.2) is 25.2 Å². The molecule has 0 spiro atoms. The second kappa shape index (κ2) is 9.59. The van der Waals surface area contributed by atoms with Gasteiger partial charge in [0, 0.05) is 11.6 Å². The Hall–Kier alpha value is -3.12. The first-order valence-electron chi connectivity index (χ1n) is 9.76. The van der Waals surface area contributed by atoms with Gasteiger partial charge in [-0.05, 0) is 53.8 Å². The summed E-state index contributed by atoms with van der Waals surface area (Å²) < 4.78 is 25.8. The van der Waals surface area contributed by atoms with E-state index >= 15 is 0 Å². The first-order chi connectivity index (χ1) is 14.3. The summed E-state index contributed by atoms with van der Waals surface area (Å²) in [7, 11) is -3.62. The predicted octanol–water partition coefficient (Wildman–Crippen LogP) is 4.09. The van der Waals surface area contributed by atoms with Crippen molar-refractivity contribution in [3.63, 3.8) is 0 Å². The minimum Gasteiger partial charge on any atom is -0.481 e. The van der Waals surface area contributed by atoms with Gasteiger partial charge in [-0.1, -0.05) is 54.6 Å². The summed E-state index contributed by atoms with van der Waals surface area (Å²) >= 11 is 0. The van der Waals surface area contributed by atoms with E-state index in [-0.39, 0.29) is 17.1 Å². The second-order valence-corrected chi connectivity index (χ2v) is 9.41. The molecule has 6 heteroatoms. The number of nitrogen functional groups attached to an aromatic ring is 1. The lowest BCUT2D eigenvalue weighted by molar-refractivity contribution is -0.137. The Bertz CT molecular complexity index is 1090. The van der Waals surface area contributed by atoms with Crippen LogP contribution in [0, 0.1) is 0 Å². The zero-order valence-electron chi connectivity index (χ0n) is 16.6. The fraction of sp³-hybridized carbons (Fsp3) is 0.208. The summed E-state index contributed by atoms with van der Waals surface area (Å²) in [6.07, 6.45) is 1.35. The van der Waals surface area contributed by atoms with E-state index in [9.17, 15) is 18.3 Å². The number of rotatable bonds is 9. The lowest BCUT2D eigenvalue weighted by Gasteiger charge is -2.16. The fourth-order valence-electron chi connectivity index (χ4n) is 3.47. The van der Waals surface area contributed by atoms with Gasteiger partial charge in [-0.25, -0.2) is 8.42 Å². The predicted molar refractivity (Wildman–Crippen MR) is 118 cm³/mol. The van der Waals surface area contributed by atoms with E-state index in [1.165, 1.54) is 0 Å². The van der Waals surface area contributed by atoms with Crippen LogP contribution >= 0.6 is 0 Å². The summed E-state index contributed by atoms with van der Waals surface area (Å²) in [5.41, 5.74) is 9.40. The molecule has 0 heterocycles. The molecular weight excluding hydrogens is 398 g/mol. The number of sulfone groups is 1. The molecule has 0 saturated heterocycles. The van der Waals surface area contributed by atoms with Crippen LogP contribution in [-0.2, 0) is 27.5 Å². The molecule has 30 heavy (non-hydrogen) atoms. The van der Waals surface area contributed by atoms with Gasteiger partial charge in [0.05, 0.1) is 17.1 Å². The molecule has 0 aliphatic rings. The van der Waals surface area contributed by atoms with Crippen LogP contribution in [0.25, 0.3) is 0 Å². The third kappa shape index (κ3) is 5.94. The number of anilines is 1. The largest absolute Gasteiger partial charge is 0.481 e. The number of aliphatic carboxylic acids is 1. The number of carbonyl (C=O) groups is 1. The SMILES string of the molecule is Nc1cccc(CCc2ccc(S(=O)(=O)CC(CC(=O)O)c3ccccc3)cc2)c1. The molecule has 0 aliphatic carbocycles. The highest BCUT2D eigenvalue weighted by molar-refractivity contribution is 7.91. The van der Waals surface area contributed by atoms with Crippen molar-refractivity contribution in [1.29, 1.82) is 0 Å². The first-order valence-corrected chi connectivity index (χ1v) is 11.4. The minimum absolute atomic E-state index is 0.210. The Morgan fingerprint density at radius 3 is 2.17 bits per heavy atom. The van der Waals surface area contributed by atoms with E-state index in [1.807, 2.05) is 42.5 Å². The van der Waals surface area contributed by atoms with Crippen LogP contribution in [0.1, 0.15) is 29.0 Å². The minimum atomic E-state index is -3.62. The van der Waals surface area contributed by atoms with E-state index in [4.69, 9.17) is 5.73 Å². The lowest BCUT2D eigenvalue weighted by Crippen LogP contribution is -2.18. The number of hydrogen-bond donors (Lipinski definition) is 2. The maximum Gasteiger partial charge on any atom is 0.303 e. The van der Waals surface area contributed by atoms with Gasteiger partial charge >= 0.3 is 5.97 Å². The molecule has 1 unspecified atom stereocenters. The van der Waals surface area contributed by atoms with Crippen LogP contribution in [0.15, 0.2) is 83.8 Å². The molecule has 0 radical (unpaired) electrons. The number of carboxylic acid groups (broad SMARTS) is 1. The molecule has 0 fully saturated rings. The number of nitrogens with two attached hydrogens (primary N) is 1. The zero-order valence-corrected chi connectivity index (χ0v) is 17.4. The standard InChI is InChI=1S/C24H25NO4S/c25-22-8-4-5-19(15-22)10-9-18-11-13-23(14-12-18)30(28,29)17-21(16-24(26)27)20-6-2-1-3-7-20/h1-8,11-15,21H,9-10,16-17,25H2,(H,26,27). The summed E-state index contributed by atoms with van der Waals surface area (Å²) in [5.74, 6) is -1.86. The average Bonchev–Trinajstić information content (AvgIpc) is 2.72. The number of carboxylic acids is 1. The highest BCUT2D eigenvalue weighted by atomic mass is 32.2. The van der Waals surface area contributed by atoms with Crippen molar-refractivity contribution in [3.05, 3.63) is 95.6 Å². The topological polar surface area (TPSA) is 97.5 Å². The van der Waals surface area contributed by atoms with Gasteiger partial charge in [0.25, 0.3) is 0 Å². The van der Waals surface area contributed by atoms with Gasteiger partial charge in [-0.15, -0.1) is 0 Å². The van der Waals surface area contributed by atoms with Gasteiger partial charge in [0.2, 0.25) is 0 Å². The van der Waals surface area contributed by atoms with Gasteiger partial charge in [-0.2, -0.15) is 0 Å². The fourth-order valence-corrected chi connectivity index (χ4v) is 5.05. The van der Waals surface area contributed by atoms with Crippen LogP contribution in [0.4, 0.5) is 5.69 Å². The zero-order chi connectivity index (χ0) is 21.6. The molecule has 0 aliphatic heterocycles. The van der Waals surface area contributed by atoms with Gasteiger partial charge in [-0.3, -0.25) is 4.79 Å². The average molecular weight is 424 g/mol. The molecule has 156 valence electrons. The maximum absolute atomic E-state index is 12.9. The summed E-state index contributed by atoms with van der Waals surface area (Å²) in [6, 6.07) is 23.5. The third-order valence-electron chi connectivity index (χ3n) is 5.05. The Morgan fingerprint density at radius 1 is 0.867 bits per heavy atom. The van der Waals surface area contributed by atoms with Gasteiger partial charge in [0.1, 0.15) is 0 Å². The highest BCUT2D eigenvalue weighted by Gasteiger charge is 2.24. The van der Waals surface area contributed by atoms with Crippen molar-refractivity contribution in [2.45, 2.75) is 30.1 Å².